The van der Waals surface area contributed by atoms with E-state index in [1.807, 2.05) is 7.05 Å². The molecule has 0 bridgehead atoms. The summed E-state index contributed by atoms with van der Waals surface area (Å²) in [7, 11) is 5.91. The number of hydrogen-bond donors (Lipinski definition) is 1. The van der Waals surface area contributed by atoms with E-state index in [9.17, 15) is 0 Å². The zero-order valence-corrected chi connectivity index (χ0v) is 12.1. The summed E-state index contributed by atoms with van der Waals surface area (Å²) >= 11 is 0. The summed E-state index contributed by atoms with van der Waals surface area (Å²) in [6, 6.07) is 10.7. The highest BCUT2D eigenvalue weighted by molar-refractivity contribution is 5.25. The van der Waals surface area contributed by atoms with E-state index in [0.29, 0.717) is 0 Å². The van der Waals surface area contributed by atoms with E-state index >= 15 is 0 Å². The molecule has 0 aliphatic carbocycles. The molecule has 0 saturated carbocycles. The predicted octanol–water partition coefficient (Wildman–Crippen LogP) is 1.74. The zero-order chi connectivity index (χ0) is 13.4. The number of nitrogens with zero attached hydrogens (tertiary/aromatic N) is 1. The van der Waals surface area contributed by atoms with Crippen LogP contribution >= 0.6 is 0 Å². The Morgan fingerprint density at radius 1 is 1.28 bits per heavy atom. The van der Waals surface area contributed by atoms with Crippen molar-refractivity contribution in [3.8, 4) is 0 Å². The minimum atomic E-state index is 0.124. The highest BCUT2D eigenvalue weighted by Gasteiger charge is 2.27. The number of hydrogen-bond acceptors (Lipinski definition) is 3. The quantitative estimate of drug-likeness (QED) is 0.760. The molecule has 102 valence electrons. The van der Waals surface area contributed by atoms with Gasteiger partial charge in [0.15, 0.2) is 0 Å². The molecule has 3 nitrogen and oxygen atoms in total. The molecule has 0 aromatic heterocycles. The highest BCUT2D eigenvalue weighted by Crippen LogP contribution is 2.23. The van der Waals surface area contributed by atoms with Gasteiger partial charge in [-0.15, -0.1) is 0 Å². The Bertz CT molecular complexity index is 329. The number of benzene rings is 1. The maximum Gasteiger partial charge on any atom is 0.0589 e. The summed E-state index contributed by atoms with van der Waals surface area (Å²) in [5.74, 6) is 0. The highest BCUT2D eigenvalue weighted by atomic mass is 16.5. The molecule has 1 N–H and O–H groups in total. The van der Waals surface area contributed by atoms with Crippen molar-refractivity contribution in [2.75, 3.05) is 47.4 Å². The summed E-state index contributed by atoms with van der Waals surface area (Å²) in [4.78, 5) is 2.33. The monoisotopic (exact) mass is 250 g/mol. The van der Waals surface area contributed by atoms with Crippen molar-refractivity contribution in [2.45, 2.75) is 12.3 Å². The minimum Gasteiger partial charge on any atom is -0.383 e. The fourth-order valence-electron chi connectivity index (χ4n) is 2.40. The Labute approximate surface area is 111 Å². The first-order chi connectivity index (χ1) is 8.62. The molecule has 1 aromatic rings. The van der Waals surface area contributed by atoms with Gasteiger partial charge in [-0.1, -0.05) is 37.3 Å². The lowest BCUT2D eigenvalue weighted by molar-refractivity contribution is 0.148. The number of ether oxygens (including phenoxy) is 1. The number of nitrogens with one attached hydrogen (secondary N) is 1. The van der Waals surface area contributed by atoms with E-state index in [0.717, 1.165) is 26.2 Å². The van der Waals surface area contributed by atoms with Crippen molar-refractivity contribution in [1.29, 1.82) is 0 Å². The molecular weight excluding hydrogens is 224 g/mol. The van der Waals surface area contributed by atoms with E-state index in [1.54, 1.807) is 7.11 Å². The molecule has 3 heteroatoms. The smallest absolute Gasteiger partial charge is 0.0589 e. The standard InChI is InChI=1S/C15H26N2O/c1-15(12-16-2,13-17(3)10-11-18-4)14-8-6-5-7-9-14/h5-9,16H,10-13H2,1-4H3. The Morgan fingerprint density at radius 3 is 2.50 bits per heavy atom. The van der Waals surface area contributed by atoms with Crippen LogP contribution in [0.4, 0.5) is 0 Å². The molecule has 1 aromatic carbocycles. The molecular formula is C15H26N2O. The van der Waals surface area contributed by atoms with E-state index < -0.39 is 0 Å². The molecule has 0 aliphatic heterocycles. The summed E-state index contributed by atoms with van der Waals surface area (Å²) < 4.78 is 5.14. The molecule has 1 atom stereocenters. The van der Waals surface area contributed by atoms with Gasteiger partial charge in [-0.3, -0.25) is 0 Å². The number of methoxy groups -OCH3 is 1. The molecule has 0 heterocycles. The lowest BCUT2D eigenvalue weighted by Gasteiger charge is -2.34. The third kappa shape index (κ3) is 4.41. The third-order valence-corrected chi connectivity index (χ3v) is 3.33. The van der Waals surface area contributed by atoms with Crippen molar-refractivity contribution in [3.05, 3.63) is 35.9 Å². The zero-order valence-electron chi connectivity index (χ0n) is 12.1. The van der Waals surface area contributed by atoms with Crippen molar-refractivity contribution in [2.24, 2.45) is 0 Å². The fraction of sp³-hybridized carbons (Fsp3) is 0.600. The average Bonchev–Trinajstić information content (AvgIpc) is 2.37. The molecule has 0 saturated heterocycles. The molecule has 0 radical (unpaired) electrons. The Morgan fingerprint density at radius 2 is 1.94 bits per heavy atom. The van der Waals surface area contributed by atoms with Gasteiger partial charge in [-0.25, -0.2) is 0 Å². The van der Waals surface area contributed by atoms with Crippen LogP contribution < -0.4 is 5.32 Å². The topological polar surface area (TPSA) is 24.5 Å². The number of likely N-dealkylation sites (N-methyl/N-ethyl adjacent to an activating group) is 2. The first-order valence-corrected chi connectivity index (χ1v) is 6.50. The van der Waals surface area contributed by atoms with Gasteiger partial charge >= 0.3 is 0 Å². The van der Waals surface area contributed by atoms with Crippen LogP contribution in [-0.4, -0.2) is 52.3 Å². The van der Waals surface area contributed by atoms with Crippen LogP contribution in [0.1, 0.15) is 12.5 Å². The molecule has 0 aliphatic rings. The van der Waals surface area contributed by atoms with Crippen LogP contribution in [0.15, 0.2) is 30.3 Å². The summed E-state index contributed by atoms with van der Waals surface area (Å²) in [6.45, 7) is 6.03. The van der Waals surface area contributed by atoms with E-state index in [1.165, 1.54) is 5.56 Å². The van der Waals surface area contributed by atoms with Gasteiger partial charge in [0, 0.05) is 32.2 Å². The van der Waals surface area contributed by atoms with Gasteiger partial charge in [0.2, 0.25) is 0 Å². The second kappa shape index (κ2) is 7.52. The maximum atomic E-state index is 5.14. The SMILES string of the molecule is CNCC(C)(CN(C)CCOC)c1ccccc1. The Hall–Kier alpha value is -0.900. The Balaban J connectivity index is 2.74. The van der Waals surface area contributed by atoms with E-state index in [4.69, 9.17) is 4.74 Å². The van der Waals surface area contributed by atoms with Crippen molar-refractivity contribution < 1.29 is 4.74 Å². The Kier molecular flexibility index (Phi) is 6.33. The van der Waals surface area contributed by atoms with Crippen LogP contribution in [0.5, 0.6) is 0 Å². The third-order valence-electron chi connectivity index (χ3n) is 3.33. The normalized spacial score (nSPS) is 14.7. The van der Waals surface area contributed by atoms with Gasteiger partial charge < -0.3 is 15.0 Å². The second-order valence-electron chi connectivity index (χ2n) is 5.19. The second-order valence-corrected chi connectivity index (χ2v) is 5.19. The first-order valence-electron chi connectivity index (χ1n) is 6.50. The average molecular weight is 250 g/mol. The van der Waals surface area contributed by atoms with Gasteiger partial charge in [-0.05, 0) is 19.7 Å². The summed E-state index contributed by atoms with van der Waals surface area (Å²) in [5, 5.41) is 3.31. The van der Waals surface area contributed by atoms with Crippen molar-refractivity contribution in [1.82, 2.24) is 10.2 Å². The van der Waals surface area contributed by atoms with Crippen LogP contribution in [0.3, 0.4) is 0 Å². The van der Waals surface area contributed by atoms with E-state index in [-0.39, 0.29) is 5.41 Å². The van der Waals surface area contributed by atoms with Crippen LogP contribution in [0.25, 0.3) is 0 Å². The maximum absolute atomic E-state index is 5.14. The lowest BCUT2D eigenvalue weighted by atomic mass is 9.82. The molecule has 1 unspecified atom stereocenters. The van der Waals surface area contributed by atoms with Crippen LogP contribution in [-0.2, 0) is 10.2 Å². The van der Waals surface area contributed by atoms with Gasteiger partial charge in [0.25, 0.3) is 0 Å². The van der Waals surface area contributed by atoms with Gasteiger partial charge in [0.1, 0.15) is 0 Å². The minimum absolute atomic E-state index is 0.124. The molecule has 18 heavy (non-hydrogen) atoms. The fourth-order valence-corrected chi connectivity index (χ4v) is 2.40. The lowest BCUT2D eigenvalue weighted by Crippen LogP contribution is -2.44. The first kappa shape index (κ1) is 15.2. The van der Waals surface area contributed by atoms with Gasteiger partial charge in [-0.2, -0.15) is 0 Å². The van der Waals surface area contributed by atoms with Crippen molar-refractivity contribution >= 4 is 0 Å². The largest absolute Gasteiger partial charge is 0.383 e. The van der Waals surface area contributed by atoms with Crippen LogP contribution in [0, 0.1) is 0 Å². The molecule has 0 fully saturated rings. The molecule has 0 amide bonds. The molecule has 0 spiro atoms. The predicted molar refractivity (Wildman–Crippen MR) is 77.1 cm³/mol. The van der Waals surface area contributed by atoms with E-state index in [2.05, 4.69) is 54.5 Å². The molecule has 1 rings (SSSR count). The summed E-state index contributed by atoms with van der Waals surface area (Å²) in [6.07, 6.45) is 0. The summed E-state index contributed by atoms with van der Waals surface area (Å²) in [5.41, 5.74) is 1.50. The van der Waals surface area contributed by atoms with Gasteiger partial charge in [0.05, 0.1) is 6.61 Å². The van der Waals surface area contributed by atoms with Crippen LogP contribution in [0.2, 0.25) is 0 Å². The van der Waals surface area contributed by atoms with Crippen molar-refractivity contribution in [3.63, 3.8) is 0 Å². The number of rotatable bonds is 8.